The summed E-state index contributed by atoms with van der Waals surface area (Å²) in [4.78, 5) is 10.4. The van der Waals surface area contributed by atoms with Gasteiger partial charge < -0.3 is 14.8 Å². The smallest absolute Gasteiger partial charge is 0.269 e. The van der Waals surface area contributed by atoms with Crippen LogP contribution >= 0.6 is 0 Å². The number of ether oxygens (including phenoxy) is 2. The van der Waals surface area contributed by atoms with Gasteiger partial charge in [0.25, 0.3) is 5.69 Å². The van der Waals surface area contributed by atoms with E-state index in [0.29, 0.717) is 24.5 Å². The number of nitro benzene ring substituents is 1. The molecule has 6 nitrogen and oxygen atoms in total. The fourth-order valence-corrected chi connectivity index (χ4v) is 3.46. The first-order valence-corrected chi connectivity index (χ1v) is 10.4. The lowest BCUT2D eigenvalue weighted by Gasteiger charge is -2.18. The number of nitro groups is 1. The molecule has 0 unspecified atom stereocenters. The van der Waals surface area contributed by atoms with Crippen LogP contribution in [0.4, 0.5) is 11.4 Å². The summed E-state index contributed by atoms with van der Waals surface area (Å²) in [6, 6.07) is 16.6. The molecule has 3 aromatic carbocycles. The van der Waals surface area contributed by atoms with Gasteiger partial charge in [0.2, 0.25) is 0 Å². The van der Waals surface area contributed by atoms with Crippen LogP contribution in [-0.4, -0.2) is 12.0 Å². The lowest BCUT2D eigenvalue weighted by atomic mass is 10.0. The van der Waals surface area contributed by atoms with Crippen LogP contribution in [0, 0.1) is 24.0 Å². The molecule has 166 valence electrons. The fraction of sp³-hybridized carbons (Fsp3) is 0.231. The van der Waals surface area contributed by atoms with Crippen molar-refractivity contribution in [3.63, 3.8) is 0 Å². The van der Waals surface area contributed by atoms with Crippen LogP contribution in [0.3, 0.4) is 0 Å². The number of benzene rings is 3. The molecule has 0 spiro atoms. The first-order valence-electron chi connectivity index (χ1n) is 10.4. The predicted molar refractivity (Wildman–Crippen MR) is 128 cm³/mol. The van der Waals surface area contributed by atoms with Gasteiger partial charge in [0.1, 0.15) is 6.61 Å². The van der Waals surface area contributed by atoms with Crippen molar-refractivity contribution in [2.75, 3.05) is 12.4 Å². The standard InChI is InChI=1S/C26H28N2O4/c1-5-7-22-14-21(16-27-24-9-6-8-18(2)19(24)3)15-25(31-4)26(22)32-17-20-10-12-23(13-11-20)28(29)30/h5-6,8-15,27H,1,7,16-17H2,2-4H3. The average molecular weight is 433 g/mol. The van der Waals surface area contributed by atoms with E-state index in [1.165, 1.54) is 23.3 Å². The van der Waals surface area contributed by atoms with E-state index in [4.69, 9.17) is 9.47 Å². The molecule has 0 amide bonds. The van der Waals surface area contributed by atoms with E-state index in [1.54, 1.807) is 19.2 Å². The summed E-state index contributed by atoms with van der Waals surface area (Å²) in [6.07, 6.45) is 2.46. The van der Waals surface area contributed by atoms with Gasteiger partial charge in [-0.2, -0.15) is 0 Å². The van der Waals surface area contributed by atoms with E-state index in [1.807, 2.05) is 18.2 Å². The molecule has 3 aromatic rings. The molecule has 0 radical (unpaired) electrons. The zero-order valence-electron chi connectivity index (χ0n) is 18.7. The van der Waals surface area contributed by atoms with Crippen molar-refractivity contribution in [1.82, 2.24) is 0 Å². The molecule has 0 saturated carbocycles. The Morgan fingerprint density at radius 3 is 2.50 bits per heavy atom. The maximum Gasteiger partial charge on any atom is 0.269 e. The second-order valence-corrected chi connectivity index (χ2v) is 7.59. The molecular weight excluding hydrogens is 404 g/mol. The quantitative estimate of drug-likeness (QED) is 0.237. The number of methoxy groups -OCH3 is 1. The van der Waals surface area contributed by atoms with Crippen molar-refractivity contribution in [2.24, 2.45) is 0 Å². The minimum absolute atomic E-state index is 0.0550. The van der Waals surface area contributed by atoms with Crippen molar-refractivity contribution >= 4 is 11.4 Å². The minimum Gasteiger partial charge on any atom is -0.493 e. The molecule has 0 bridgehead atoms. The molecule has 6 heteroatoms. The number of hydrogen-bond acceptors (Lipinski definition) is 5. The molecule has 0 saturated heterocycles. The minimum atomic E-state index is -0.416. The molecule has 32 heavy (non-hydrogen) atoms. The van der Waals surface area contributed by atoms with Crippen LogP contribution < -0.4 is 14.8 Å². The van der Waals surface area contributed by atoms with Crippen molar-refractivity contribution in [3.05, 3.63) is 105 Å². The lowest BCUT2D eigenvalue weighted by molar-refractivity contribution is -0.384. The van der Waals surface area contributed by atoms with Gasteiger partial charge in [-0.15, -0.1) is 6.58 Å². The highest BCUT2D eigenvalue weighted by molar-refractivity contribution is 5.55. The van der Waals surface area contributed by atoms with Crippen LogP contribution in [0.15, 0.2) is 67.3 Å². The number of nitrogens with zero attached hydrogens (tertiary/aromatic N) is 1. The van der Waals surface area contributed by atoms with Gasteiger partial charge in [-0.25, -0.2) is 0 Å². The Balaban J connectivity index is 1.80. The summed E-state index contributed by atoms with van der Waals surface area (Å²) in [5.41, 5.74) is 6.51. The van der Waals surface area contributed by atoms with Gasteiger partial charge in [-0.05, 0) is 72.9 Å². The summed E-state index contributed by atoms with van der Waals surface area (Å²) in [6.45, 7) is 9.00. The SMILES string of the molecule is C=CCc1cc(CNc2cccc(C)c2C)cc(OC)c1OCc1ccc([N+](=O)[O-])cc1. The topological polar surface area (TPSA) is 73.6 Å². The van der Waals surface area contributed by atoms with Crippen LogP contribution in [0.25, 0.3) is 0 Å². The number of rotatable bonds is 10. The molecule has 0 aliphatic rings. The maximum absolute atomic E-state index is 10.8. The number of allylic oxidation sites excluding steroid dienone is 1. The highest BCUT2D eigenvalue weighted by Crippen LogP contribution is 2.35. The Labute approximate surface area is 188 Å². The zero-order chi connectivity index (χ0) is 23.1. The molecule has 0 fully saturated rings. The number of anilines is 1. The van der Waals surface area contributed by atoms with Crippen molar-refractivity contribution in [3.8, 4) is 11.5 Å². The maximum atomic E-state index is 10.8. The van der Waals surface area contributed by atoms with Gasteiger partial charge in [-0.3, -0.25) is 10.1 Å². The predicted octanol–water partition coefficient (Wildman–Crippen LogP) is 6.14. The van der Waals surface area contributed by atoms with E-state index in [9.17, 15) is 10.1 Å². The van der Waals surface area contributed by atoms with E-state index >= 15 is 0 Å². The molecule has 0 aliphatic carbocycles. The first-order chi connectivity index (χ1) is 15.4. The molecular formula is C26H28N2O4. The van der Waals surface area contributed by atoms with E-state index < -0.39 is 4.92 Å². The molecule has 0 aliphatic heterocycles. The van der Waals surface area contributed by atoms with E-state index in [0.717, 1.165) is 22.4 Å². The second kappa shape index (κ2) is 10.5. The number of non-ortho nitro benzene ring substituents is 1. The lowest BCUT2D eigenvalue weighted by Crippen LogP contribution is -2.06. The largest absolute Gasteiger partial charge is 0.493 e. The van der Waals surface area contributed by atoms with Crippen molar-refractivity contribution < 1.29 is 14.4 Å². The monoisotopic (exact) mass is 432 g/mol. The summed E-state index contributed by atoms with van der Waals surface area (Å²) < 4.78 is 11.7. The first kappa shape index (κ1) is 22.9. The summed E-state index contributed by atoms with van der Waals surface area (Å²) >= 11 is 0. The van der Waals surface area contributed by atoms with Crippen LogP contribution in [0.1, 0.15) is 27.8 Å². The third kappa shape index (κ3) is 5.46. The molecule has 1 N–H and O–H groups in total. The third-order valence-electron chi connectivity index (χ3n) is 5.39. The molecule has 3 rings (SSSR count). The Kier molecular flexibility index (Phi) is 7.49. The Bertz CT molecular complexity index is 1110. The molecule has 0 aromatic heterocycles. The Morgan fingerprint density at radius 2 is 1.84 bits per heavy atom. The van der Waals surface area contributed by atoms with Crippen LogP contribution in [0.2, 0.25) is 0 Å². The third-order valence-corrected chi connectivity index (χ3v) is 5.39. The summed E-state index contributed by atoms with van der Waals surface area (Å²) in [5.74, 6) is 1.30. The fourth-order valence-electron chi connectivity index (χ4n) is 3.46. The van der Waals surface area contributed by atoms with E-state index in [2.05, 4.69) is 43.9 Å². The highest BCUT2D eigenvalue weighted by atomic mass is 16.6. The summed E-state index contributed by atoms with van der Waals surface area (Å²) in [7, 11) is 1.62. The Morgan fingerprint density at radius 1 is 1.09 bits per heavy atom. The van der Waals surface area contributed by atoms with E-state index in [-0.39, 0.29) is 12.3 Å². The van der Waals surface area contributed by atoms with Gasteiger partial charge in [0.15, 0.2) is 11.5 Å². The Hall–Kier alpha value is -3.80. The van der Waals surface area contributed by atoms with Gasteiger partial charge >= 0.3 is 0 Å². The van der Waals surface area contributed by atoms with Crippen LogP contribution in [0.5, 0.6) is 11.5 Å². The number of nitrogens with one attached hydrogen (secondary N) is 1. The van der Waals surface area contributed by atoms with Gasteiger partial charge in [-0.1, -0.05) is 18.2 Å². The number of hydrogen-bond donors (Lipinski definition) is 1. The molecule has 0 atom stereocenters. The van der Waals surface area contributed by atoms with Crippen molar-refractivity contribution in [1.29, 1.82) is 0 Å². The normalized spacial score (nSPS) is 10.5. The van der Waals surface area contributed by atoms with Crippen molar-refractivity contribution in [2.45, 2.75) is 33.4 Å². The molecule has 0 heterocycles. The number of aryl methyl sites for hydroxylation is 1. The second-order valence-electron chi connectivity index (χ2n) is 7.59. The van der Waals surface area contributed by atoms with Gasteiger partial charge in [0, 0.05) is 29.9 Å². The van der Waals surface area contributed by atoms with Gasteiger partial charge in [0.05, 0.1) is 12.0 Å². The zero-order valence-corrected chi connectivity index (χ0v) is 18.7. The summed E-state index contributed by atoms with van der Waals surface area (Å²) in [5, 5.41) is 14.4. The average Bonchev–Trinajstić information content (AvgIpc) is 2.79. The van der Waals surface area contributed by atoms with Crippen LogP contribution in [-0.2, 0) is 19.6 Å². The highest BCUT2D eigenvalue weighted by Gasteiger charge is 2.14.